The Morgan fingerprint density at radius 1 is 1.31 bits per heavy atom. The smallest absolute Gasteiger partial charge is 0.0320 e. The van der Waals surface area contributed by atoms with Crippen molar-refractivity contribution in [2.45, 2.75) is 45.7 Å². The normalized spacial score (nSPS) is 14.4. The van der Waals surface area contributed by atoms with E-state index in [1.165, 1.54) is 11.1 Å². The van der Waals surface area contributed by atoms with Crippen molar-refractivity contribution in [2.75, 3.05) is 0 Å². The van der Waals surface area contributed by atoms with E-state index in [2.05, 4.69) is 56.9 Å². The van der Waals surface area contributed by atoms with Crippen LogP contribution in [0.4, 0.5) is 0 Å². The molecule has 0 fully saturated rings. The molecule has 1 N–H and O–H groups in total. The molecule has 0 aliphatic carbocycles. The molecule has 0 saturated heterocycles. The van der Waals surface area contributed by atoms with Gasteiger partial charge in [0.25, 0.3) is 0 Å². The number of benzene rings is 1. The summed E-state index contributed by atoms with van der Waals surface area (Å²) in [4.78, 5) is 0. The number of nitrogens with one attached hydrogen (secondary N) is 1. The summed E-state index contributed by atoms with van der Waals surface area (Å²) in [6.07, 6.45) is 4.10. The summed E-state index contributed by atoms with van der Waals surface area (Å²) < 4.78 is 0. The second-order valence-electron chi connectivity index (χ2n) is 4.46. The highest BCUT2D eigenvalue weighted by atomic mass is 14.9. The van der Waals surface area contributed by atoms with E-state index in [-0.39, 0.29) is 0 Å². The molecule has 0 bridgehead atoms. The van der Waals surface area contributed by atoms with E-state index < -0.39 is 0 Å². The monoisotopic (exact) mass is 217 g/mol. The second kappa shape index (κ2) is 6.49. The molecular formula is C15H23N. The predicted octanol–water partition coefficient (Wildman–Crippen LogP) is 4.00. The fourth-order valence-electron chi connectivity index (χ4n) is 1.91. The molecule has 0 aliphatic rings. The molecular weight excluding hydrogens is 194 g/mol. The van der Waals surface area contributed by atoms with E-state index in [1.807, 2.05) is 6.08 Å². The number of aryl methyl sites for hydroxylation is 1. The first-order valence-corrected chi connectivity index (χ1v) is 6.10. The van der Waals surface area contributed by atoms with Gasteiger partial charge in [-0.25, -0.2) is 0 Å². The first-order chi connectivity index (χ1) is 7.67. The Morgan fingerprint density at radius 3 is 2.44 bits per heavy atom. The molecule has 2 atom stereocenters. The lowest BCUT2D eigenvalue weighted by Crippen LogP contribution is -2.29. The Labute approximate surface area is 99.6 Å². The van der Waals surface area contributed by atoms with Crippen molar-refractivity contribution in [1.82, 2.24) is 5.32 Å². The quantitative estimate of drug-likeness (QED) is 0.710. The van der Waals surface area contributed by atoms with Crippen LogP contribution in [-0.2, 0) is 0 Å². The SMILES string of the molecule is C=CCC(C)NC(CC)c1ccc(C)cc1. The lowest BCUT2D eigenvalue weighted by Gasteiger charge is -2.22. The third kappa shape index (κ3) is 3.82. The lowest BCUT2D eigenvalue weighted by atomic mass is 10.0. The van der Waals surface area contributed by atoms with Gasteiger partial charge in [0.05, 0.1) is 0 Å². The summed E-state index contributed by atoms with van der Waals surface area (Å²) in [5.41, 5.74) is 2.70. The van der Waals surface area contributed by atoms with Crippen molar-refractivity contribution in [3.05, 3.63) is 48.0 Å². The van der Waals surface area contributed by atoms with Gasteiger partial charge in [-0.15, -0.1) is 6.58 Å². The maximum Gasteiger partial charge on any atom is 0.0320 e. The van der Waals surface area contributed by atoms with E-state index >= 15 is 0 Å². The first kappa shape index (κ1) is 13.0. The summed E-state index contributed by atoms with van der Waals surface area (Å²) in [5, 5.41) is 3.63. The summed E-state index contributed by atoms with van der Waals surface area (Å²) in [6, 6.07) is 9.74. The van der Waals surface area contributed by atoms with Crippen molar-refractivity contribution >= 4 is 0 Å². The van der Waals surface area contributed by atoms with Crippen LogP contribution < -0.4 is 5.32 Å². The maximum absolute atomic E-state index is 3.78. The Bertz CT molecular complexity index is 313. The predicted molar refractivity (Wildman–Crippen MR) is 71.6 cm³/mol. The molecule has 0 aromatic heterocycles. The molecule has 0 radical (unpaired) electrons. The Kier molecular flexibility index (Phi) is 5.27. The Hall–Kier alpha value is -1.08. The minimum Gasteiger partial charge on any atom is -0.307 e. The van der Waals surface area contributed by atoms with Gasteiger partial charge in [0.15, 0.2) is 0 Å². The van der Waals surface area contributed by atoms with Crippen molar-refractivity contribution in [3.63, 3.8) is 0 Å². The highest BCUT2D eigenvalue weighted by Gasteiger charge is 2.11. The van der Waals surface area contributed by atoms with Crippen molar-refractivity contribution < 1.29 is 0 Å². The molecule has 16 heavy (non-hydrogen) atoms. The molecule has 1 heteroatoms. The van der Waals surface area contributed by atoms with Gasteiger partial charge in [0.1, 0.15) is 0 Å². The van der Waals surface area contributed by atoms with Gasteiger partial charge in [-0.1, -0.05) is 42.8 Å². The van der Waals surface area contributed by atoms with Crippen LogP contribution in [0, 0.1) is 6.92 Å². The third-order valence-corrected chi connectivity index (χ3v) is 2.89. The van der Waals surface area contributed by atoms with Gasteiger partial charge in [-0.05, 0) is 32.3 Å². The van der Waals surface area contributed by atoms with Crippen LogP contribution >= 0.6 is 0 Å². The van der Waals surface area contributed by atoms with Crippen LogP contribution in [0.1, 0.15) is 43.9 Å². The molecule has 0 spiro atoms. The Morgan fingerprint density at radius 2 is 1.94 bits per heavy atom. The molecule has 1 aromatic rings. The van der Waals surface area contributed by atoms with E-state index in [9.17, 15) is 0 Å². The fraction of sp³-hybridized carbons (Fsp3) is 0.467. The lowest BCUT2D eigenvalue weighted by molar-refractivity contribution is 0.448. The highest BCUT2D eigenvalue weighted by Crippen LogP contribution is 2.18. The topological polar surface area (TPSA) is 12.0 Å². The van der Waals surface area contributed by atoms with Gasteiger partial charge in [-0.3, -0.25) is 0 Å². The van der Waals surface area contributed by atoms with Crippen LogP contribution in [0.2, 0.25) is 0 Å². The van der Waals surface area contributed by atoms with Crippen molar-refractivity contribution in [3.8, 4) is 0 Å². The maximum atomic E-state index is 3.78. The van der Waals surface area contributed by atoms with E-state index in [0.717, 1.165) is 12.8 Å². The zero-order chi connectivity index (χ0) is 12.0. The largest absolute Gasteiger partial charge is 0.307 e. The molecule has 88 valence electrons. The number of hydrogen-bond acceptors (Lipinski definition) is 1. The molecule has 0 aliphatic heterocycles. The van der Waals surface area contributed by atoms with Crippen LogP contribution in [0.3, 0.4) is 0 Å². The average Bonchev–Trinajstić information content (AvgIpc) is 2.27. The number of rotatable bonds is 6. The molecule has 0 saturated carbocycles. The highest BCUT2D eigenvalue weighted by molar-refractivity contribution is 5.24. The van der Waals surface area contributed by atoms with Crippen molar-refractivity contribution in [1.29, 1.82) is 0 Å². The minimum atomic E-state index is 0.454. The van der Waals surface area contributed by atoms with Gasteiger partial charge in [0, 0.05) is 12.1 Å². The third-order valence-electron chi connectivity index (χ3n) is 2.89. The van der Waals surface area contributed by atoms with E-state index in [0.29, 0.717) is 12.1 Å². The zero-order valence-corrected chi connectivity index (χ0v) is 10.7. The van der Waals surface area contributed by atoms with E-state index in [1.54, 1.807) is 0 Å². The van der Waals surface area contributed by atoms with E-state index in [4.69, 9.17) is 0 Å². The summed E-state index contributed by atoms with van der Waals surface area (Å²) >= 11 is 0. The molecule has 0 heterocycles. The molecule has 2 unspecified atom stereocenters. The van der Waals surface area contributed by atoms with Crippen molar-refractivity contribution in [2.24, 2.45) is 0 Å². The molecule has 0 amide bonds. The van der Waals surface area contributed by atoms with Gasteiger partial charge >= 0.3 is 0 Å². The standard InChI is InChI=1S/C15H23N/c1-5-7-13(4)16-15(6-2)14-10-8-12(3)9-11-14/h5,8-11,13,15-16H,1,6-7H2,2-4H3. The summed E-state index contributed by atoms with van der Waals surface area (Å²) in [5.74, 6) is 0. The molecule has 1 nitrogen and oxygen atoms in total. The van der Waals surface area contributed by atoms with Crippen LogP contribution in [0.25, 0.3) is 0 Å². The first-order valence-electron chi connectivity index (χ1n) is 6.10. The molecule has 1 rings (SSSR count). The van der Waals surface area contributed by atoms with Crippen LogP contribution in [0.15, 0.2) is 36.9 Å². The van der Waals surface area contributed by atoms with Crippen LogP contribution in [-0.4, -0.2) is 6.04 Å². The van der Waals surface area contributed by atoms with Gasteiger partial charge in [-0.2, -0.15) is 0 Å². The minimum absolute atomic E-state index is 0.454. The Balaban J connectivity index is 2.66. The van der Waals surface area contributed by atoms with Gasteiger partial charge in [0.2, 0.25) is 0 Å². The second-order valence-corrected chi connectivity index (χ2v) is 4.46. The molecule has 1 aromatic carbocycles. The fourth-order valence-corrected chi connectivity index (χ4v) is 1.91. The van der Waals surface area contributed by atoms with Gasteiger partial charge < -0.3 is 5.32 Å². The summed E-state index contributed by atoms with van der Waals surface area (Å²) in [7, 11) is 0. The summed E-state index contributed by atoms with van der Waals surface area (Å²) in [6.45, 7) is 10.3. The van der Waals surface area contributed by atoms with Crippen LogP contribution in [0.5, 0.6) is 0 Å². The number of hydrogen-bond donors (Lipinski definition) is 1. The average molecular weight is 217 g/mol. The zero-order valence-electron chi connectivity index (χ0n) is 10.7.